The lowest BCUT2D eigenvalue weighted by atomic mass is 9.94. The number of Topliss-reactive ketones (excluding diaryl/α,β-unsaturated/α-hetero) is 1. The van der Waals surface area contributed by atoms with Crippen LogP contribution in [0, 0.1) is 0 Å². The van der Waals surface area contributed by atoms with E-state index in [1.807, 2.05) is 55.5 Å². The highest BCUT2D eigenvalue weighted by Crippen LogP contribution is 2.26. The number of nitrogens with zero attached hydrogens (tertiary/aromatic N) is 2. The number of rotatable bonds is 26. The maximum Gasteiger partial charge on any atom is 0.247 e. The van der Waals surface area contributed by atoms with Crippen LogP contribution in [0.25, 0.3) is 0 Å². The van der Waals surface area contributed by atoms with Crippen LogP contribution in [0.15, 0.2) is 60.7 Å². The normalized spacial score (nSPS) is 18.9. The summed E-state index contributed by atoms with van der Waals surface area (Å²) in [7, 11) is 3.23. The first kappa shape index (κ1) is 53.9. The quantitative estimate of drug-likeness (QED) is 0.0683. The van der Waals surface area contributed by atoms with Gasteiger partial charge in [-0.25, -0.2) is 0 Å². The molecule has 0 aromatic heterocycles. The second-order valence-electron chi connectivity index (χ2n) is 18.2. The predicted molar refractivity (Wildman–Crippen MR) is 256 cm³/mol. The van der Waals surface area contributed by atoms with Gasteiger partial charge in [0.05, 0.1) is 36.8 Å². The third-order valence-electron chi connectivity index (χ3n) is 13.0. The number of nitrogens with one attached hydrogen (secondary N) is 7. The minimum atomic E-state index is -1.15. The number of carbonyl (C=O) groups is 8. The lowest BCUT2D eigenvalue weighted by Crippen LogP contribution is -2.61. The average molecular weight is 930 g/mol. The molecule has 2 aliphatic rings. The van der Waals surface area contributed by atoms with Crippen LogP contribution in [0.2, 0.25) is 0 Å². The number of benzene rings is 2. The van der Waals surface area contributed by atoms with E-state index in [0.29, 0.717) is 70.4 Å². The summed E-state index contributed by atoms with van der Waals surface area (Å²) in [6.45, 7) is 9.57. The Morgan fingerprint density at radius 3 is 1.63 bits per heavy atom. The highest BCUT2D eigenvalue weighted by Gasteiger charge is 2.41. The minimum absolute atomic E-state index is 0.00955. The molecule has 0 spiro atoms. The standard InChI is InChI=1S/C50H75N9O8/c1-32(37-20-10-8-11-21-37)19-16-26-41(60)39-24-17-29-58(39)50(67)46(57-47(64)36(5)52-7)35(4)54-43(62)28-15-14-27-42(61)53-34(3)45(56-44(63)31-51-6)49(66)59-30-18-25-40(59)48(65)55-33(2)38-22-12-9-13-23-38/h8-13,20-23,32-36,39-40,45-46,51-52H,14-19,24-31H2,1-7H3,(H,53,61)(H,54,62)(H,55,65)(H,56,63)(H,57,64). The average Bonchev–Trinajstić information content (AvgIpc) is 4.03. The van der Waals surface area contributed by atoms with Gasteiger partial charge in [0.2, 0.25) is 41.4 Å². The predicted octanol–water partition coefficient (Wildman–Crippen LogP) is 2.76. The Morgan fingerprint density at radius 2 is 1.09 bits per heavy atom. The van der Waals surface area contributed by atoms with Crippen molar-refractivity contribution in [3.8, 4) is 0 Å². The first-order valence-corrected chi connectivity index (χ1v) is 24.1. The van der Waals surface area contributed by atoms with Crippen LogP contribution in [-0.2, 0) is 38.4 Å². The first-order valence-electron chi connectivity index (χ1n) is 24.1. The van der Waals surface area contributed by atoms with Crippen molar-refractivity contribution >= 4 is 47.1 Å². The van der Waals surface area contributed by atoms with Gasteiger partial charge in [0.1, 0.15) is 18.1 Å². The van der Waals surface area contributed by atoms with Crippen molar-refractivity contribution < 1.29 is 38.4 Å². The van der Waals surface area contributed by atoms with Crippen molar-refractivity contribution in [3.05, 3.63) is 71.8 Å². The Kier molecular flexibility index (Phi) is 21.9. The van der Waals surface area contributed by atoms with Crippen molar-refractivity contribution in [1.82, 2.24) is 47.0 Å². The van der Waals surface area contributed by atoms with Gasteiger partial charge in [-0.1, -0.05) is 67.6 Å². The van der Waals surface area contributed by atoms with Crippen molar-refractivity contribution in [1.29, 1.82) is 0 Å². The summed E-state index contributed by atoms with van der Waals surface area (Å²) < 4.78 is 0. The second-order valence-corrected chi connectivity index (χ2v) is 18.2. The summed E-state index contributed by atoms with van der Waals surface area (Å²) in [5.41, 5.74) is 2.14. The zero-order valence-electron chi connectivity index (χ0n) is 40.5. The fourth-order valence-electron chi connectivity index (χ4n) is 8.84. The van der Waals surface area contributed by atoms with Gasteiger partial charge >= 0.3 is 0 Å². The molecule has 17 nitrogen and oxygen atoms in total. The van der Waals surface area contributed by atoms with E-state index in [1.165, 1.54) is 10.5 Å². The molecule has 17 heteroatoms. The molecule has 9 atom stereocenters. The van der Waals surface area contributed by atoms with Gasteiger partial charge in [-0.15, -0.1) is 0 Å². The summed E-state index contributed by atoms with van der Waals surface area (Å²) in [6, 6.07) is 13.5. The molecule has 368 valence electrons. The van der Waals surface area contributed by atoms with Crippen molar-refractivity contribution in [2.75, 3.05) is 33.7 Å². The number of likely N-dealkylation sites (N-methyl/N-ethyl adjacent to an activating group) is 2. The minimum Gasteiger partial charge on any atom is -0.351 e. The molecular weight excluding hydrogens is 855 g/mol. The molecule has 2 fully saturated rings. The van der Waals surface area contributed by atoms with Gasteiger partial charge in [-0.05, 0) is 110 Å². The van der Waals surface area contributed by atoms with E-state index in [-0.39, 0.29) is 48.9 Å². The van der Waals surface area contributed by atoms with Crippen LogP contribution in [-0.4, -0.2) is 133 Å². The van der Waals surface area contributed by atoms with Gasteiger partial charge in [0.15, 0.2) is 5.78 Å². The lowest BCUT2D eigenvalue weighted by Gasteiger charge is -2.32. The molecule has 9 unspecified atom stereocenters. The highest BCUT2D eigenvalue weighted by atomic mass is 16.2. The molecule has 7 amide bonds. The van der Waals surface area contributed by atoms with Crippen LogP contribution in [0.3, 0.4) is 0 Å². The largest absolute Gasteiger partial charge is 0.351 e. The van der Waals surface area contributed by atoms with E-state index in [9.17, 15) is 38.4 Å². The number of likely N-dealkylation sites (tertiary alicyclic amines) is 2. The number of amides is 7. The zero-order chi connectivity index (χ0) is 49.0. The van der Waals surface area contributed by atoms with Crippen molar-refractivity contribution in [2.45, 2.75) is 160 Å². The summed E-state index contributed by atoms with van der Waals surface area (Å²) in [5, 5.41) is 19.9. The molecule has 2 saturated heterocycles. The van der Waals surface area contributed by atoms with Gasteiger partial charge in [-0.3, -0.25) is 38.4 Å². The number of carbonyl (C=O) groups excluding carboxylic acids is 8. The summed E-state index contributed by atoms with van der Waals surface area (Å²) in [4.78, 5) is 111. The van der Waals surface area contributed by atoms with E-state index in [0.717, 1.165) is 12.0 Å². The third kappa shape index (κ3) is 16.3. The zero-order valence-corrected chi connectivity index (χ0v) is 40.5. The van der Waals surface area contributed by atoms with Gasteiger partial charge in [0.25, 0.3) is 0 Å². The molecule has 2 heterocycles. The van der Waals surface area contributed by atoms with Crippen molar-refractivity contribution in [2.24, 2.45) is 0 Å². The fraction of sp³-hybridized carbons (Fsp3) is 0.600. The van der Waals surface area contributed by atoms with E-state index in [2.05, 4.69) is 56.3 Å². The van der Waals surface area contributed by atoms with Gasteiger partial charge < -0.3 is 47.0 Å². The molecule has 7 N–H and O–H groups in total. The molecular formula is C50H75N9O8. The van der Waals surface area contributed by atoms with Crippen LogP contribution < -0.4 is 37.2 Å². The van der Waals surface area contributed by atoms with Gasteiger partial charge in [-0.2, -0.15) is 0 Å². The Morgan fingerprint density at radius 1 is 0.582 bits per heavy atom. The molecule has 2 aromatic rings. The second kappa shape index (κ2) is 27.2. The number of ketones is 1. The molecule has 0 aliphatic carbocycles. The van der Waals surface area contributed by atoms with Crippen LogP contribution in [0.5, 0.6) is 0 Å². The molecule has 67 heavy (non-hydrogen) atoms. The highest BCUT2D eigenvalue weighted by molar-refractivity contribution is 5.95. The molecule has 0 radical (unpaired) electrons. The Balaban J connectivity index is 1.30. The smallest absolute Gasteiger partial charge is 0.247 e. The van der Waals surface area contributed by atoms with Crippen LogP contribution >= 0.6 is 0 Å². The molecule has 2 aliphatic heterocycles. The van der Waals surface area contributed by atoms with E-state index >= 15 is 0 Å². The molecule has 0 bridgehead atoms. The lowest BCUT2D eigenvalue weighted by molar-refractivity contribution is -0.142. The van der Waals surface area contributed by atoms with E-state index < -0.39 is 65.9 Å². The third-order valence-corrected chi connectivity index (χ3v) is 13.0. The number of hydrogen-bond acceptors (Lipinski definition) is 10. The monoisotopic (exact) mass is 930 g/mol. The Bertz CT molecular complexity index is 1970. The first-order chi connectivity index (χ1) is 32.1. The number of unbranched alkanes of at least 4 members (excludes halogenated alkanes) is 1. The van der Waals surface area contributed by atoms with Crippen LogP contribution in [0.1, 0.15) is 128 Å². The maximum absolute atomic E-state index is 14.2. The summed E-state index contributed by atoms with van der Waals surface area (Å²) in [6.07, 6.45) is 4.80. The molecule has 0 saturated carbocycles. The Labute approximate surface area is 396 Å². The van der Waals surface area contributed by atoms with Crippen molar-refractivity contribution in [3.63, 3.8) is 0 Å². The van der Waals surface area contributed by atoms with E-state index in [1.54, 1.807) is 39.8 Å². The van der Waals surface area contributed by atoms with Crippen LogP contribution in [0.4, 0.5) is 0 Å². The topological polar surface area (TPSA) is 227 Å². The Hall–Kier alpha value is -5.68. The van der Waals surface area contributed by atoms with Gasteiger partial charge in [0, 0.05) is 32.4 Å². The molecule has 4 rings (SSSR count). The SMILES string of the molecule is CNCC(=O)NC(C(=O)N1CCCC1C(=O)NC(C)c1ccccc1)C(C)NC(=O)CCCCC(=O)NC(C)C(NC(=O)C(C)NC)C(=O)N1CCCC1C(=O)CCCC(C)c1ccccc1. The summed E-state index contributed by atoms with van der Waals surface area (Å²) in [5.74, 6) is -2.56. The summed E-state index contributed by atoms with van der Waals surface area (Å²) >= 11 is 0. The molecule has 2 aromatic carbocycles. The van der Waals surface area contributed by atoms with E-state index in [4.69, 9.17) is 0 Å². The fourth-order valence-corrected chi connectivity index (χ4v) is 8.84. The number of hydrogen-bond donors (Lipinski definition) is 7. The maximum atomic E-state index is 14.2.